The second-order valence-corrected chi connectivity index (χ2v) is 9.53. The number of allylic oxidation sites excluding steroid dienone is 3. The van der Waals surface area contributed by atoms with Crippen LogP contribution < -0.4 is 0 Å². The molecule has 0 aliphatic carbocycles. The highest BCUT2D eigenvalue weighted by Gasteiger charge is 2.30. The van der Waals surface area contributed by atoms with E-state index < -0.39 is 0 Å². The van der Waals surface area contributed by atoms with Crippen molar-refractivity contribution in [2.45, 2.75) is 51.5 Å². The summed E-state index contributed by atoms with van der Waals surface area (Å²) < 4.78 is 11.0. The Bertz CT molecular complexity index is 1140. The van der Waals surface area contributed by atoms with Crippen LogP contribution in [0.3, 0.4) is 0 Å². The van der Waals surface area contributed by atoms with Gasteiger partial charge in [0.15, 0.2) is 11.6 Å². The van der Waals surface area contributed by atoms with E-state index in [2.05, 4.69) is 64.9 Å². The second-order valence-electron chi connectivity index (χ2n) is 9.53. The summed E-state index contributed by atoms with van der Waals surface area (Å²) in [7, 11) is 1.67. The van der Waals surface area contributed by atoms with Gasteiger partial charge >= 0.3 is 0 Å². The number of aromatic nitrogens is 1. The number of aliphatic imine (C=N–C) groups is 2. The molecule has 0 atom stereocenters. The Hall–Kier alpha value is -2.70. The van der Waals surface area contributed by atoms with Crippen LogP contribution in [-0.4, -0.2) is 61.5 Å². The van der Waals surface area contributed by atoms with Gasteiger partial charge in [-0.25, -0.2) is 9.98 Å². The van der Waals surface area contributed by atoms with E-state index >= 15 is 0 Å². The Balaban J connectivity index is 1.45. The van der Waals surface area contributed by atoms with Crippen molar-refractivity contribution in [2.24, 2.45) is 9.98 Å². The zero-order valence-electron chi connectivity index (χ0n) is 20.1. The van der Waals surface area contributed by atoms with Gasteiger partial charge in [-0.3, -0.25) is 4.90 Å². The van der Waals surface area contributed by atoms with Crippen LogP contribution >= 0.6 is 0 Å². The average Bonchev–Trinajstić information content (AvgIpc) is 3.13. The van der Waals surface area contributed by atoms with Crippen molar-refractivity contribution in [3.05, 3.63) is 52.9 Å². The number of benzene rings is 1. The van der Waals surface area contributed by atoms with Gasteiger partial charge in [-0.05, 0) is 79.6 Å². The molecule has 4 heterocycles. The molecule has 0 radical (unpaired) electrons. The normalized spacial score (nSPS) is 20.8. The number of likely N-dealkylation sites (tertiary alicyclic amines) is 1. The van der Waals surface area contributed by atoms with Gasteiger partial charge in [-0.1, -0.05) is 26.0 Å². The number of methoxy groups -OCH3 is 1. The summed E-state index contributed by atoms with van der Waals surface area (Å²) in [6, 6.07) is 7.67. The Kier molecular flexibility index (Phi) is 6.21. The number of nitrogens with one attached hydrogen (secondary N) is 1. The third-order valence-corrected chi connectivity index (χ3v) is 7.26. The highest BCUT2D eigenvalue weighted by Crippen LogP contribution is 2.37. The molecule has 6 nitrogen and oxygen atoms in total. The van der Waals surface area contributed by atoms with Crippen LogP contribution in [0.4, 0.5) is 0 Å². The molecule has 2 aromatic rings. The van der Waals surface area contributed by atoms with Gasteiger partial charge < -0.3 is 14.5 Å². The molecule has 0 spiro atoms. The number of H-pyrrole nitrogens is 1. The predicted molar refractivity (Wildman–Crippen MR) is 135 cm³/mol. The lowest BCUT2D eigenvalue weighted by Gasteiger charge is -2.41. The van der Waals surface area contributed by atoms with Crippen molar-refractivity contribution in [2.75, 3.05) is 33.4 Å². The third kappa shape index (κ3) is 4.18. The highest BCUT2D eigenvalue weighted by atomic mass is 16.5. The van der Waals surface area contributed by atoms with Gasteiger partial charge in [0.25, 0.3) is 0 Å². The summed E-state index contributed by atoms with van der Waals surface area (Å²) in [6.07, 6.45) is 8.15. The van der Waals surface area contributed by atoms with Gasteiger partial charge in [-0.2, -0.15) is 0 Å². The van der Waals surface area contributed by atoms with Crippen LogP contribution in [0.5, 0.6) is 0 Å². The number of rotatable bonds is 7. The van der Waals surface area contributed by atoms with E-state index in [-0.39, 0.29) is 0 Å². The van der Waals surface area contributed by atoms with E-state index in [9.17, 15) is 0 Å². The Morgan fingerprint density at radius 1 is 1.24 bits per heavy atom. The molecule has 3 aliphatic heterocycles. The minimum Gasteiger partial charge on any atom is -0.493 e. The average molecular weight is 447 g/mol. The lowest BCUT2D eigenvalue weighted by Crippen LogP contribution is -2.51. The lowest BCUT2D eigenvalue weighted by molar-refractivity contribution is -0.0712. The third-order valence-electron chi connectivity index (χ3n) is 7.26. The molecule has 0 saturated carbocycles. The van der Waals surface area contributed by atoms with Crippen molar-refractivity contribution < 1.29 is 9.47 Å². The first-order chi connectivity index (χ1) is 16.1. The van der Waals surface area contributed by atoms with E-state index in [1.54, 1.807) is 13.4 Å². The summed E-state index contributed by atoms with van der Waals surface area (Å²) in [5.74, 6) is 2.34. The minimum atomic E-state index is 0.387. The number of nitrogens with zero attached hydrogens (tertiary/aromatic N) is 3. The molecule has 0 unspecified atom stereocenters. The topological polar surface area (TPSA) is 62.2 Å². The predicted octanol–water partition coefficient (Wildman–Crippen LogP) is 5.24. The molecular weight excluding hydrogens is 412 g/mol. The standard InChI is InChI=1S/C27H34N4O2/c1-5-18(13-24(32-4)27-28-16-29-27)26-25(17(2)3)22-12-20(6-7-23(22)30-26)19-8-10-31(11-9-19)21-14-33-15-21/h5-7,12-13,16-17,19,21,30H,8-11,14-15H2,1-4H3/b18-5+,24-13+. The second kappa shape index (κ2) is 9.27. The molecule has 1 aromatic carbocycles. The van der Waals surface area contributed by atoms with Crippen LogP contribution in [0.15, 0.2) is 46.1 Å². The summed E-state index contributed by atoms with van der Waals surface area (Å²) in [5.41, 5.74) is 6.25. The van der Waals surface area contributed by atoms with E-state index in [4.69, 9.17) is 9.47 Å². The van der Waals surface area contributed by atoms with Crippen molar-refractivity contribution >= 4 is 28.7 Å². The zero-order valence-corrected chi connectivity index (χ0v) is 20.1. The van der Waals surface area contributed by atoms with Crippen molar-refractivity contribution in [1.29, 1.82) is 0 Å². The lowest BCUT2D eigenvalue weighted by atomic mass is 9.87. The fraction of sp³-hybridized carbons (Fsp3) is 0.481. The molecule has 3 aliphatic rings. The molecule has 0 bridgehead atoms. The molecule has 2 saturated heterocycles. The zero-order chi connectivity index (χ0) is 22.9. The Morgan fingerprint density at radius 2 is 2.00 bits per heavy atom. The van der Waals surface area contributed by atoms with Crippen LogP contribution in [0.25, 0.3) is 16.5 Å². The monoisotopic (exact) mass is 446 g/mol. The number of ether oxygens (including phenoxy) is 2. The first-order valence-electron chi connectivity index (χ1n) is 12.1. The van der Waals surface area contributed by atoms with Gasteiger partial charge in [0.2, 0.25) is 0 Å². The molecule has 2 fully saturated rings. The minimum absolute atomic E-state index is 0.387. The maximum absolute atomic E-state index is 5.57. The maximum Gasteiger partial charge on any atom is 0.197 e. The summed E-state index contributed by atoms with van der Waals surface area (Å²) in [5, 5.41) is 1.33. The molecule has 1 N–H and O–H groups in total. The van der Waals surface area contributed by atoms with Crippen molar-refractivity contribution in [3.63, 3.8) is 0 Å². The maximum atomic E-state index is 5.57. The van der Waals surface area contributed by atoms with Crippen molar-refractivity contribution in [1.82, 2.24) is 9.88 Å². The van der Waals surface area contributed by atoms with Gasteiger partial charge in [0.1, 0.15) is 6.34 Å². The fourth-order valence-electron chi connectivity index (χ4n) is 5.24. The van der Waals surface area contributed by atoms with E-state index in [1.807, 2.05) is 6.08 Å². The van der Waals surface area contributed by atoms with Gasteiger partial charge in [0.05, 0.1) is 26.4 Å². The van der Waals surface area contributed by atoms with Crippen molar-refractivity contribution in [3.8, 4) is 0 Å². The SMILES string of the molecule is C/C=C(\C=C(\OC)C1=NC=N1)c1[nH]c2ccc(C3CCN(C4COC4)CC3)cc2c1C(C)C. The Labute approximate surface area is 196 Å². The number of hydrogen-bond donors (Lipinski definition) is 1. The summed E-state index contributed by atoms with van der Waals surface area (Å²) in [4.78, 5) is 14.7. The highest BCUT2D eigenvalue weighted by molar-refractivity contribution is 6.11. The summed E-state index contributed by atoms with van der Waals surface area (Å²) >= 11 is 0. The van der Waals surface area contributed by atoms with Crippen LogP contribution in [0.2, 0.25) is 0 Å². The van der Waals surface area contributed by atoms with E-state index in [1.165, 1.54) is 48.0 Å². The quantitative estimate of drug-likeness (QED) is 0.467. The molecule has 33 heavy (non-hydrogen) atoms. The molecule has 1 aromatic heterocycles. The first kappa shape index (κ1) is 22.1. The number of amidine groups is 1. The Morgan fingerprint density at radius 3 is 2.55 bits per heavy atom. The first-order valence-corrected chi connectivity index (χ1v) is 12.1. The molecule has 5 rings (SSSR count). The molecule has 0 amide bonds. The fourth-order valence-corrected chi connectivity index (χ4v) is 5.24. The molecule has 174 valence electrons. The van der Waals surface area contributed by atoms with E-state index in [0.717, 1.165) is 24.5 Å². The number of aromatic amines is 1. The molecular formula is C27H34N4O2. The van der Waals surface area contributed by atoms with Crippen LogP contribution in [0.1, 0.15) is 62.3 Å². The number of hydrogen-bond acceptors (Lipinski definition) is 5. The number of fused-ring (bicyclic) bond motifs is 1. The van der Waals surface area contributed by atoms with Crippen LogP contribution in [0, 0.1) is 0 Å². The smallest absolute Gasteiger partial charge is 0.197 e. The number of piperidine rings is 1. The van der Waals surface area contributed by atoms with Gasteiger partial charge in [-0.15, -0.1) is 0 Å². The van der Waals surface area contributed by atoms with Crippen LogP contribution in [-0.2, 0) is 9.47 Å². The van der Waals surface area contributed by atoms with E-state index in [0.29, 0.717) is 29.5 Å². The molecule has 6 heteroatoms. The summed E-state index contributed by atoms with van der Waals surface area (Å²) in [6.45, 7) is 10.8. The van der Waals surface area contributed by atoms with Gasteiger partial charge in [0, 0.05) is 16.6 Å². The largest absolute Gasteiger partial charge is 0.493 e.